The lowest BCUT2D eigenvalue weighted by Gasteiger charge is -2.31. The number of nitrogens with zero attached hydrogens (tertiary/aromatic N) is 3. The van der Waals surface area contributed by atoms with Crippen LogP contribution >= 0.6 is 11.8 Å². The van der Waals surface area contributed by atoms with Crippen molar-refractivity contribution >= 4 is 22.8 Å². The van der Waals surface area contributed by atoms with E-state index in [9.17, 15) is 4.79 Å². The Labute approximate surface area is 174 Å². The van der Waals surface area contributed by atoms with E-state index in [1.807, 2.05) is 31.2 Å². The maximum atomic E-state index is 13.3. The Hall–Kier alpha value is -2.44. The Kier molecular flexibility index (Phi) is 5.32. The first-order chi connectivity index (χ1) is 13.8. The molecule has 29 heavy (non-hydrogen) atoms. The van der Waals surface area contributed by atoms with E-state index >= 15 is 0 Å². The van der Waals surface area contributed by atoms with Crippen molar-refractivity contribution in [2.75, 3.05) is 0 Å². The summed E-state index contributed by atoms with van der Waals surface area (Å²) in [4.78, 5) is 22.9. The molecule has 0 atom stereocenters. The standard InChI is InChI=1S/C23H25N3O2S/c1-15(2)12-26-21(27)18-10-17-13-28-23(3,4)11-19(17)24-20(18)25-22(26)29-14-16-8-6-5-7-9-16/h5-10H,1,11-14H2,2-4H3. The van der Waals surface area contributed by atoms with Crippen LogP contribution in [0.4, 0.5) is 0 Å². The summed E-state index contributed by atoms with van der Waals surface area (Å²) >= 11 is 1.55. The number of allylic oxidation sites excluding steroid dienone is 1. The number of thioether (sulfide) groups is 1. The van der Waals surface area contributed by atoms with Gasteiger partial charge in [0.15, 0.2) is 10.8 Å². The van der Waals surface area contributed by atoms with Gasteiger partial charge in [0.05, 0.1) is 23.3 Å². The third kappa shape index (κ3) is 4.28. The molecule has 1 aromatic carbocycles. The van der Waals surface area contributed by atoms with E-state index in [-0.39, 0.29) is 11.2 Å². The second-order valence-electron chi connectivity index (χ2n) is 8.21. The minimum atomic E-state index is -0.256. The van der Waals surface area contributed by atoms with Crippen LogP contribution < -0.4 is 5.56 Å². The first kappa shape index (κ1) is 19.9. The fourth-order valence-electron chi connectivity index (χ4n) is 3.45. The van der Waals surface area contributed by atoms with Gasteiger partial charge in [0.25, 0.3) is 5.56 Å². The Morgan fingerprint density at radius 2 is 2.03 bits per heavy atom. The molecule has 150 valence electrons. The van der Waals surface area contributed by atoms with Crippen molar-refractivity contribution in [1.82, 2.24) is 14.5 Å². The second-order valence-corrected chi connectivity index (χ2v) is 9.15. The average molecular weight is 408 g/mol. The van der Waals surface area contributed by atoms with Crippen LogP contribution in [-0.2, 0) is 30.1 Å². The van der Waals surface area contributed by atoms with Gasteiger partial charge in [-0.2, -0.15) is 0 Å². The molecule has 5 nitrogen and oxygen atoms in total. The van der Waals surface area contributed by atoms with Gasteiger partial charge >= 0.3 is 0 Å². The molecule has 4 rings (SSSR count). The minimum Gasteiger partial charge on any atom is -0.370 e. The third-order valence-corrected chi connectivity index (χ3v) is 5.98. The molecule has 6 heteroatoms. The lowest BCUT2D eigenvalue weighted by Crippen LogP contribution is -2.33. The van der Waals surface area contributed by atoms with Crippen molar-refractivity contribution in [2.24, 2.45) is 0 Å². The van der Waals surface area contributed by atoms with E-state index in [1.165, 1.54) is 5.56 Å². The molecule has 1 aliphatic heterocycles. The van der Waals surface area contributed by atoms with Crippen LogP contribution in [0.5, 0.6) is 0 Å². The van der Waals surface area contributed by atoms with Crippen LogP contribution in [0.3, 0.4) is 0 Å². The molecule has 1 aliphatic rings. The predicted octanol–water partition coefficient (Wildman–Crippen LogP) is 4.51. The molecular weight excluding hydrogens is 382 g/mol. The molecule has 0 aliphatic carbocycles. The van der Waals surface area contributed by atoms with Gasteiger partial charge in [-0.1, -0.05) is 54.2 Å². The summed E-state index contributed by atoms with van der Waals surface area (Å²) in [7, 11) is 0. The molecule has 0 spiro atoms. The second kappa shape index (κ2) is 7.76. The summed E-state index contributed by atoms with van der Waals surface area (Å²) in [5.74, 6) is 0.737. The molecule has 0 fully saturated rings. The summed E-state index contributed by atoms with van der Waals surface area (Å²) in [6.45, 7) is 10.9. The van der Waals surface area contributed by atoms with Crippen LogP contribution in [0.15, 0.2) is 58.5 Å². The highest BCUT2D eigenvalue weighted by atomic mass is 32.2. The highest BCUT2D eigenvalue weighted by molar-refractivity contribution is 7.98. The minimum absolute atomic E-state index is 0.0753. The van der Waals surface area contributed by atoms with E-state index in [2.05, 4.69) is 32.6 Å². The molecule has 0 saturated heterocycles. The molecule has 2 aromatic heterocycles. The highest BCUT2D eigenvalue weighted by Crippen LogP contribution is 2.29. The maximum absolute atomic E-state index is 13.3. The maximum Gasteiger partial charge on any atom is 0.263 e. The molecule has 0 bridgehead atoms. The number of pyridine rings is 1. The third-order valence-electron chi connectivity index (χ3n) is 4.93. The number of benzene rings is 1. The lowest BCUT2D eigenvalue weighted by molar-refractivity contribution is -0.0411. The Morgan fingerprint density at radius 1 is 1.28 bits per heavy atom. The fraction of sp³-hybridized carbons (Fsp3) is 0.348. The van der Waals surface area contributed by atoms with E-state index in [4.69, 9.17) is 14.7 Å². The van der Waals surface area contributed by atoms with Crippen LogP contribution in [0.2, 0.25) is 0 Å². The van der Waals surface area contributed by atoms with Crippen molar-refractivity contribution in [3.63, 3.8) is 0 Å². The number of aromatic nitrogens is 3. The largest absolute Gasteiger partial charge is 0.370 e. The molecule has 0 N–H and O–H groups in total. The Morgan fingerprint density at radius 3 is 2.76 bits per heavy atom. The molecule has 0 saturated carbocycles. The quantitative estimate of drug-likeness (QED) is 0.354. The summed E-state index contributed by atoms with van der Waals surface area (Å²) in [5, 5.41) is 1.21. The zero-order valence-electron chi connectivity index (χ0n) is 17.1. The van der Waals surface area contributed by atoms with Crippen LogP contribution in [0, 0.1) is 0 Å². The Bertz CT molecular complexity index is 1140. The van der Waals surface area contributed by atoms with E-state index in [1.54, 1.807) is 16.3 Å². The number of hydrogen-bond donors (Lipinski definition) is 0. The SMILES string of the molecule is C=C(C)Cn1c(SCc2ccccc2)nc2nc3c(cc2c1=O)COC(C)(C)C3. The van der Waals surface area contributed by atoms with Crippen molar-refractivity contribution < 1.29 is 4.74 Å². The first-order valence-corrected chi connectivity index (χ1v) is 10.7. The van der Waals surface area contributed by atoms with Gasteiger partial charge in [-0.05, 0) is 32.4 Å². The van der Waals surface area contributed by atoms with Crippen molar-refractivity contribution in [3.05, 3.63) is 75.7 Å². The highest BCUT2D eigenvalue weighted by Gasteiger charge is 2.28. The summed E-state index contributed by atoms with van der Waals surface area (Å²) in [5.41, 5.74) is 4.22. The monoisotopic (exact) mass is 407 g/mol. The first-order valence-electron chi connectivity index (χ1n) is 9.71. The summed E-state index contributed by atoms with van der Waals surface area (Å²) in [6.07, 6.45) is 0.710. The number of rotatable bonds is 5. The van der Waals surface area contributed by atoms with E-state index in [0.29, 0.717) is 35.8 Å². The topological polar surface area (TPSA) is 57.0 Å². The van der Waals surface area contributed by atoms with Crippen LogP contribution in [0.25, 0.3) is 11.0 Å². The number of fused-ring (bicyclic) bond motifs is 2. The van der Waals surface area contributed by atoms with Gasteiger partial charge in [-0.3, -0.25) is 9.36 Å². The van der Waals surface area contributed by atoms with Gasteiger partial charge in [0.2, 0.25) is 0 Å². The molecule has 0 amide bonds. The summed E-state index contributed by atoms with van der Waals surface area (Å²) < 4.78 is 7.61. The van der Waals surface area contributed by atoms with Crippen LogP contribution in [-0.4, -0.2) is 20.1 Å². The van der Waals surface area contributed by atoms with Gasteiger partial charge < -0.3 is 4.74 Å². The van der Waals surface area contributed by atoms with E-state index < -0.39 is 0 Å². The smallest absolute Gasteiger partial charge is 0.263 e. The zero-order valence-corrected chi connectivity index (χ0v) is 17.9. The zero-order chi connectivity index (χ0) is 20.6. The number of hydrogen-bond acceptors (Lipinski definition) is 5. The predicted molar refractivity (Wildman–Crippen MR) is 117 cm³/mol. The molecule has 0 radical (unpaired) electrons. The molecule has 0 unspecified atom stereocenters. The van der Waals surface area contributed by atoms with Crippen molar-refractivity contribution in [2.45, 2.75) is 56.9 Å². The van der Waals surface area contributed by atoms with Crippen molar-refractivity contribution in [1.29, 1.82) is 0 Å². The Balaban J connectivity index is 1.80. The van der Waals surface area contributed by atoms with Crippen LogP contribution in [0.1, 0.15) is 37.6 Å². The lowest BCUT2D eigenvalue weighted by atomic mass is 9.95. The summed E-state index contributed by atoms with van der Waals surface area (Å²) in [6, 6.07) is 12.1. The van der Waals surface area contributed by atoms with Crippen molar-refractivity contribution in [3.8, 4) is 0 Å². The molecule has 3 aromatic rings. The van der Waals surface area contributed by atoms with Gasteiger partial charge in [0, 0.05) is 24.3 Å². The fourth-order valence-corrected chi connectivity index (χ4v) is 4.40. The number of ether oxygens (including phenoxy) is 1. The van der Waals surface area contributed by atoms with E-state index in [0.717, 1.165) is 22.6 Å². The molecular formula is C23H25N3O2S. The normalized spacial score (nSPS) is 15.3. The average Bonchev–Trinajstić information content (AvgIpc) is 2.67. The molecule has 3 heterocycles. The van der Waals surface area contributed by atoms with Gasteiger partial charge in [0.1, 0.15) is 0 Å². The van der Waals surface area contributed by atoms with Gasteiger partial charge in [-0.25, -0.2) is 9.97 Å². The van der Waals surface area contributed by atoms with Gasteiger partial charge in [-0.15, -0.1) is 0 Å².